The molecule has 0 atom stereocenters. The zero-order chi connectivity index (χ0) is 19.1. The van der Waals surface area contributed by atoms with Crippen molar-refractivity contribution in [1.82, 2.24) is 15.1 Å². The van der Waals surface area contributed by atoms with Crippen LogP contribution in [0.15, 0.2) is 53.1 Å². The average molecular weight is 386 g/mol. The van der Waals surface area contributed by atoms with Crippen LogP contribution in [0.2, 0.25) is 0 Å². The third-order valence-corrected chi connectivity index (χ3v) is 4.44. The van der Waals surface area contributed by atoms with E-state index in [9.17, 15) is 9.59 Å². The van der Waals surface area contributed by atoms with E-state index in [1.807, 2.05) is 18.2 Å². The van der Waals surface area contributed by atoms with Gasteiger partial charge in [0.2, 0.25) is 10.9 Å². The number of nitrogens with zero attached hydrogens (tertiary/aromatic N) is 3. The second-order valence-corrected chi connectivity index (χ2v) is 6.71. The maximum Gasteiger partial charge on any atom is 0.286 e. The summed E-state index contributed by atoms with van der Waals surface area (Å²) in [4.78, 5) is 25.7. The second kappa shape index (κ2) is 9.06. The summed E-state index contributed by atoms with van der Waals surface area (Å²) in [7, 11) is 1.67. The molecule has 2 amide bonds. The summed E-state index contributed by atoms with van der Waals surface area (Å²) in [6.07, 6.45) is 1.56. The van der Waals surface area contributed by atoms with Gasteiger partial charge < -0.3 is 19.4 Å². The molecule has 140 valence electrons. The van der Waals surface area contributed by atoms with Gasteiger partial charge in [-0.25, -0.2) is 0 Å². The van der Waals surface area contributed by atoms with E-state index in [4.69, 9.17) is 9.15 Å². The monoisotopic (exact) mass is 386 g/mol. The Labute approximate surface area is 159 Å². The van der Waals surface area contributed by atoms with E-state index in [0.717, 1.165) is 11.3 Å². The molecule has 0 spiro atoms. The van der Waals surface area contributed by atoms with Crippen LogP contribution in [0.5, 0.6) is 0 Å². The fourth-order valence-corrected chi connectivity index (χ4v) is 2.84. The molecule has 0 saturated carbocycles. The Morgan fingerprint density at radius 3 is 2.74 bits per heavy atom. The quantitative estimate of drug-likeness (QED) is 0.639. The van der Waals surface area contributed by atoms with E-state index in [2.05, 4.69) is 15.5 Å². The number of para-hydroxylation sites is 1. The highest BCUT2D eigenvalue weighted by atomic mass is 32.1. The van der Waals surface area contributed by atoms with Crippen LogP contribution in [-0.4, -0.2) is 40.6 Å². The van der Waals surface area contributed by atoms with E-state index in [1.165, 1.54) is 4.90 Å². The molecule has 0 saturated heterocycles. The standard InChI is InChI=1S/C18H18N4O4S/c1-22(10-14-8-5-9-26-14)16(23)12-25-11-15-20-21-18(27-15)17(24)19-13-6-3-2-4-7-13/h2-9H,10-12H2,1H3,(H,19,24). The number of furan rings is 1. The summed E-state index contributed by atoms with van der Waals surface area (Å²) in [6, 6.07) is 12.7. The van der Waals surface area contributed by atoms with Gasteiger partial charge in [-0.05, 0) is 24.3 Å². The van der Waals surface area contributed by atoms with Crippen molar-refractivity contribution in [1.29, 1.82) is 0 Å². The van der Waals surface area contributed by atoms with Gasteiger partial charge in [0, 0.05) is 12.7 Å². The lowest BCUT2D eigenvalue weighted by Gasteiger charge is -2.15. The Balaban J connectivity index is 1.44. The van der Waals surface area contributed by atoms with Crippen LogP contribution in [0.3, 0.4) is 0 Å². The number of hydrogen-bond donors (Lipinski definition) is 1. The van der Waals surface area contributed by atoms with E-state index in [0.29, 0.717) is 23.0 Å². The maximum absolute atomic E-state index is 12.1. The summed E-state index contributed by atoms with van der Waals surface area (Å²) >= 11 is 1.12. The number of carbonyl (C=O) groups excluding carboxylic acids is 2. The molecule has 1 aromatic carbocycles. The largest absolute Gasteiger partial charge is 0.467 e. The highest BCUT2D eigenvalue weighted by molar-refractivity contribution is 7.13. The van der Waals surface area contributed by atoms with Crippen LogP contribution >= 0.6 is 11.3 Å². The molecule has 0 radical (unpaired) electrons. The number of hydrogen-bond acceptors (Lipinski definition) is 7. The van der Waals surface area contributed by atoms with Crippen LogP contribution in [0.25, 0.3) is 0 Å². The lowest BCUT2D eigenvalue weighted by molar-refractivity contribution is -0.136. The van der Waals surface area contributed by atoms with Gasteiger partial charge in [-0.15, -0.1) is 10.2 Å². The highest BCUT2D eigenvalue weighted by Crippen LogP contribution is 2.14. The van der Waals surface area contributed by atoms with Crippen molar-refractivity contribution >= 4 is 28.8 Å². The minimum atomic E-state index is -0.334. The zero-order valence-electron chi connectivity index (χ0n) is 14.6. The molecular weight excluding hydrogens is 368 g/mol. The van der Waals surface area contributed by atoms with Crippen LogP contribution in [0.4, 0.5) is 5.69 Å². The van der Waals surface area contributed by atoms with Crippen molar-refractivity contribution in [2.45, 2.75) is 13.2 Å². The number of aromatic nitrogens is 2. The van der Waals surface area contributed by atoms with E-state index in [1.54, 1.807) is 37.6 Å². The molecule has 27 heavy (non-hydrogen) atoms. The Morgan fingerprint density at radius 2 is 2.00 bits per heavy atom. The molecule has 0 bridgehead atoms. The Kier molecular flexibility index (Phi) is 6.29. The molecule has 1 N–H and O–H groups in total. The van der Waals surface area contributed by atoms with E-state index < -0.39 is 0 Å². The van der Waals surface area contributed by atoms with E-state index >= 15 is 0 Å². The number of ether oxygens (including phenoxy) is 1. The van der Waals surface area contributed by atoms with Crippen molar-refractivity contribution in [2.75, 3.05) is 19.0 Å². The average Bonchev–Trinajstić information content (AvgIpc) is 3.34. The molecule has 0 unspecified atom stereocenters. The first-order chi connectivity index (χ1) is 13.1. The summed E-state index contributed by atoms with van der Waals surface area (Å²) in [5, 5.41) is 11.3. The normalized spacial score (nSPS) is 10.6. The maximum atomic E-state index is 12.1. The first-order valence-electron chi connectivity index (χ1n) is 8.14. The fourth-order valence-electron chi connectivity index (χ4n) is 2.17. The lowest BCUT2D eigenvalue weighted by Crippen LogP contribution is -2.29. The van der Waals surface area contributed by atoms with Gasteiger partial charge >= 0.3 is 0 Å². The molecule has 2 aromatic heterocycles. The molecule has 8 nitrogen and oxygen atoms in total. The first-order valence-corrected chi connectivity index (χ1v) is 8.96. The van der Waals surface area contributed by atoms with Crippen LogP contribution < -0.4 is 5.32 Å². The van der Waals surface area contributed by atoms with Crippen LogP contribution in [-0.2, 0) is 22.7 Å². The number of nitrogens with one attached hydrogen (secondary N) is 1. The topological polar surface area (TPSA) is 97.6 Å². The predicted octanol–water partition coefficient (Wildman–Crippen LogP) is 2.56. The van der Waals surface area contributed by atoms with Gasteiger partial charge in [0.1, 0.15) is 24.0 Å². The second-order valence-electron chi connectivity index (χ2n) is 5.64. The third kappa shape index (κ3) is 5.47. The lowest BCUT2D eigenvalue weighted by atomic mass is 10.3. The van der Waals surface area contributed by atoms with Crippen molar-refractivity contribution in [3.8, 4) is 0 Å². The molecule has 0 aliphatic carbocycles. The van der Waals surface area contributed by atoms with Crippen molar-refractivity contribution < 1.29 is 18.7 Å². The summed E-state index contributed by atoms with van der Waals surface area (Å²) in [5.41, 5.74) is 0.681. The number of amides is 2. The van der Waals surface area contributed by atoms with Gasteiger partial charge in [0.05, 0.1) is 12.8 Å². The van der Waals surface area contributed by atoms with Gasteiger partial charge in [0.25, 0.3) is 5.91 Å². The fraction of sp³-hybridized carbons (Fsp3) is 0.222. The van der Waals surface area contributed by atoms with Crippen molar-refractivity contribution in [3.05, 3.63) is 64.5 Å². The SMILES string of the molecule is CN(Cc1ccco1)C(=O)COCc1nnc(C(=O)Nc2ccccc2)s1. The summed E-state index contributed by atoms with van der Waals surface area (Å²) < 4.78 is 10.6. The van der Waals surface area contributed by atoms with Gasteiger partial charge in [-0.2, -0.15) is 0 Å². The molecule has 0 aliphatic heterocycles. The Morgan fingerprint density at radius 1 is 1.19 bits per heavy atom. The number of likely N-dealkylation sites (N-methyl/N-ethyl adjacent to an activating group) is 1. The summed E-state index contributed by atoms with van der Waals surface area (Å²) in [5.74, 6) is 0.182. The van der Waals surface area contributed by atoms with Crippen molar-refractivity contribution in [3.63, 3.8) is 0 Å². The smallest absolute Gasteiger partial charge is 0.286 e. The van der Waals surface area contributed by atoms with E-state index in [-0.39, 0.29) is 30.0 Å². The minimum Gasteiger partial charge on any atom is -0.467 e. The van der Waals surface area contributed by atoms with Gasteiger partial charge in [-0.1, -0.05) is 29.5 Å². The Hall–Kier alpha value is -3.04. The first kappa shape index (κ1) is 18.7. The summed E-state index contributed by atoms with van der Waals surface area (Å²) in [6.45, 7) is 0.386. The number of carbonyl (C=O) groups is 2. The predicted molar refractivity (Wildman–Crippen MR) is 99.1 cm³/mol. The number of rotatable bonds is 8. The molecule has 3 rings (SSSR count). The molecule has 2 heterocycles. The molecule has 0 fully saturated rings. The molecule has 0 aliphatic rings. The molecular formula is C18H18N4O4S. The van der Waals surface area contributed by atoms with Crippen LogP contribution in [0, 0.1) is 0 Å². The molecule has 9 heteroatoms. The third-order valence-electron chi connectivity index (χ3n) is 3.54. The molecule has 3 aromatic rings. The number of anilines is 1. The minimum absolute atomic E-state index is 0.0949. The Bertz CT molecular complexity index is 880. The zero-order valence-corrected chi connectivity index (χ0v) is 15.4. The van der Waals surface area contributed by atoms with Gasteiger partial charge in [0.15, 0.2) is 0 Å². The van der Waals surface area contributed by atoms with Crippen molar-refractivity contribution in [2.24, 2.45) is 0 Å². The van der Waals surface area contributed by atoms with Gasteiger partial charge in [-0.3, -0.25) is 9.59 Å². The van der Waals surface area contributed by atoms with Crippen LogP contribution in [0.1, 0.15) is 20.6 Å². The number of benzene rings is 1. The highest BCUT2D eigenvalue weighted by Gasteiger charge is 2.15.